The standard InChI is InChI=1S/C8H6ClNO3/c1-13-8(12)7-6(9)3-2-5(4-11)10-7/h2-4H,1H3. The van der Waals surface area contributed by atoms with Gasteiger partial charge in [0.2, 0.25) is 0 Å². The molecular formula is C8H6ClNO3. The first-order chi connectivity index (χ1) is 6.19. The van der Waals surface area contributed by atoms with Crippen LogP contribution in [0.2, 0.25) is 5.02 Å². The molecule has 0 atom stereocenters. The molecule has 4 nitrogen and oxygen atoms in total. The van der Waals surface area contributed by atoms with E-state index in [0.29, 0.717) is 6.29 Å². The van der Waals surface area contributed by atoms with E-state index >= 15 is 0 Å². The van der Waals surface area contributed by atoms with E-state index in [1.165, 1.54) is 19.2 Å². The third-order valence-corrected chi connectivity index (χ3v) is 1.67. The summed E-state index contributed by atoms with van der Waals surface area (Å²) < 4.78 is 4.41. The summed E-state index contributed by atoms with van der Waals surface area (Å²) in [6.45, 7) is 0. The van der Waals surface area contributed by atoms with Crippen LogP contribution in [-0.2, 0) is 4.74 Å². The van der Waals surface area contributed by atoms with Crippen molar-refractivity contribution in [3.63, 3.8) is 0 Å². The van der Waals surface area contributed by atoms with Gasteiger partial charge >= 0.3 is 5.97 Å². The van der Waals surface area contributed by atoms with Gasteiger partial charge in [0.1, 0.15) is 5.69 Å². The average Bonchev–Trinajstić information content (AvgIpc) is 2.17. The average molecular weight is 200 g/mol. The second-order valence-electron chi connectivity index (χ2n) is 2.18. The normalized spacial score (nSPS) is 9.38. The molecule has 0 saturated heterocycles. The highest BCUT2D eigenvalue weighted by Crippen LogP contribution is 2.14. The Hall–Kier alpha value is -1.42. The largest absolute Gasteiger partial charge is 0.464 e. The van der Waals surface area contributed by atoms with Crippen molar-refractivity contribution in [2.45, 2.75) is 0 Å². The van der Waals surface area contributed by atoms with Gasteiger partial charge in [-0.2, -0.15) is 0 Å². The number of ether oxygens (including phenoxy) is 1. The van der Waals surface area contributed by atoms with E-state index in [4.69, 9.17) is 11.6 Å². The van der Waals surface area contributed by atoms with Crippen molar-refractivity contribution < 1.29 is 14.3 Å². The van der Waals surface area contributed by atoms with Gasteiger partial charge in [-0.3, -0.25) is 4.79 Å². The fourth-order valence-corrected chi connectivity index (χ4v) is 0.945. The van der Waals surface area contributed by atoms with Crippen molar-refractivity contribution in [2.75, 3.05) is 7.11 Å². The number of halogens is 1. The van der Waals surface area contributed by atoms with E-state index in [0.717, 1.165) is 0 Å². The molecule has 0 saturated carbocycles. The molecule has 0 aliphatic carbocycles. The van der Waals surface area contributed by atoms with Crippen LogP contribution >= 0.6 is 11.6 Å². The molecule has 1 aromatic heterocycles. The molecule has 1 heterocycles. The van der Waals surface area contributed by atoms with E-state index in [-0.39, 0.29) is 16.4 Å². The maximum atomic E-state index is 11.0. The molecule has 0 amide bonds. The van der Waals surface area contributed by atoms with Crippen LogP contribution in [0, 0.1) is 0 Å². The first-order valence-electron chi connectivity index (χ1n) is 3.39. The number of esters is 1. The summed E-state index contributed by atoms with van der Waals surface area (Å²) in [7, 11) is 1.22. The second-order valence-corrected chi connectivity index (χ2v) is 2.58. The Labute approximate surface area is 79.5 Å². The molecule has 5 heteroatoms. The van der Waals surface area contributed by atoms with E-state index in [2.05, 4.69) is 9.72 Å². The summed E-state index contributed by atoms with van der Waals surface area (Å²) in [6.07, 6.45) is 0.531. The highest BCUT2D eigenvalue weighted by Gasteiger charge is 2.12. The van der Waals surface area contributed by atoms with Crippen LogP contribution in [0.4, 0.5) is 0 Å². The molecule has 13 heavy (non-hydrogen) atoms. The summed E-state index contributed by atoms with van der Waals surface area (Å²) in [5.41, 5.74) is 0.0959. The van der Waals surface area contributed by atoms with E-state index in [1.54, 1.807) is 0 Å². The quantitative estimate of drug-likeness (QED) is 0.533. The molecule has 0 unspecified atom stereocenters. The van der Waals surface area contributed by atoms with Crippen molar-refractivity contribution in [3.05, 3.63) is 28.5 Å². The molecule has 0 fully saturated rings. The molecule has 1 rings (SSSR count). The predicted molar refractivity (Wildman–Crippen MR) is 46.0 cm³/mol. The first kappa shape index (κ1) is 9.67. The summed E-state index contributed by atoms with van der Waals surface area (Å²) in [5, 5.41) is 0.164. The molecule has 0 radical (unpaired) electrons. The second kappa shape index (κ2) is 4.00. The topological polar surface area (TPSA) is 56.3 Å². The maximum absolute atomic E-state index is 11.0. The van der Waals surface area contributed by atoms with Crippen molar-refractivity contribution in [1.29, 1.82) is 0 Å². The van der Waals surface area contributed by atoms with Crippen LogP contribution in [-0.4, -0.2) is 24.3 Å². The van der Waals surface area contributed by atoms with Gasteiger partial charge in [-0.05, 0) is 12.1 Å². The van der Waals surface area contributed by atoms with Crippen molar-refractivity contribution in [2.24, 2.45) is 0 Å². The Kier molecular flexibility index (Phi) is 2.97. The van der Waals surface area contributed by atoms with Crippen LogP contribution in [0.25, 0.3) is 0 Å². The monoisotopic (exact) mass is 199 g/mol. The lowest BCUT2D eigenvalue weighted by Gasteiger charge is -2.00. The van der Waals surface area contributed by atoms with Gasteiger partial charge in [0.15, 0.2) is 12.0 Å². The van der Waals surface area contributed by atoms with Crippen molar-refractivity contribution in [1.82, 2.24) is 4.98 Å². The fraction of sp³-hybridized carbons (Fsp3) is 0.125. The highest BCUT2D eigenvalue weighted by atomic mass is 35.5. The van der Waals surface area contributed by atoms with Crippen LogP contribution in [0.15, 0.2) is 12.1 Å². The molecule has 1 aromatic rings. The number of aldehydes is 1. The van der Waals surface area contributed by atoms with Gasteiger partial charge in [0.25, 0.3) is 0 Å². The molecule has 0 aliphatic heterocycles. The number of rotatable bonds is 2. The van der Waals surface area contributed by atoms with Gasteiger partial charge in [-0.1, -0.05) is 11.6 Å². The minimum absolute atomic E-state index is 0.0474. The van der Waals surface area contributed by atoms with Gasteiger partial charge in [0.05, 0.1) is 12.1 Å². The van der Waals surface area contributed by atoms with Crippen molar-refractivity contribution in [3.8, 4) is 0 Å². The number of carbonyl (C=O) groups is 2. The third kappa shape index (κ3) is 2.03. The minimum Gasteiger partial charge on any atom is -0.464 e. The predicted octanol–water partition coefficient (Wildman–Crippen LogP) is 1.33. The van der Waals surface area contributed by atoms with E-state index < -0.39 is 5.97 Å². The van der Waals surface area contributed by atoms with Gasteiger partial charge in [-0.15, -0.1) is 0 Å². The minimum atomic E-state index is -0.659. The summed E-state index contributed by atoms with van der Waals surface area (Å²) in [6, 6.07) is 2.84. The number of hydrogen-bond donors (Lipinski definition) is 0. The van der Waals surface area contributed by atoms with Crippen LogP contribution in [0.3, 0.4) is 0 Å². The molecule has 68 valence electrons. The molecule has 0 spiro atoms. The van der Waals surface area contributed by atoms with Gasteiger partial charge in [0, 0.05) is 0 Å². The zero-order chi connectivity index (χ0) is 9.84. The van der Waals surface area contributed by atoms with Crippen LogP contribution in [0.1, 0.15) is 21.0 Å². The van der Waals surface area contributed by atoms with Gasteiger partial charge < -0.3 is 4.74 Å². The SMILES string of the molecule is COC(=O)c1nc(C=O)ccc1Cl. The fourth-order valence-electron chi connectivity index (χ4n) is 0.763. The van der Waals surface area contributed by atoms with Crippen LogP contribution < -0.4 is 0 Å². The number of nitrogens with zero attached hydrogens (tertiary/aromatic N) is 1. The summed E-state index contributed by atoms with van der Waals surface area (Å²) >= 11 is 5.65. The molecule has 0 bridgehead atoms. The number of pyridine rings is 1. The zero-order valence-corrected chi connectivity index (χ0v) is 7.54. The lowest BCUT2D eigenvalue weighted by molar-refractivity contribution is 0.0594. The molecule has 0 aliphatic rings. The number of methoxy groups -OCH3 is 1. The number of aromatic nitrogens is 1. The van der Waals surface area contributed by atoms with Gasteiger partial charge in [-0.25, -0.2) is 9.78 Å². The molecular weight excluding hydrogens is 194 g/mol. The number of carbonyl (C=O) groups excluding carboxylic acids is 2. The molecule has 0 aromatic carbocycles. The summed E-state index contributed by atoms with van der Waals surface area (Å²) in [5.74, 6) is -0.659. The maximum Gasteiger partial charge on any atom is 0.358 e. The Morgan fingerprint density at radius 2 is 2.31 bits per heavy atom. The lowest BCUT2D eigenvalue weighted by Crippen LogP contribution is -2.06. The molecule has 0 N–H and O–H groups in total. The Balaban J connectivity index is 3.18. The smallest absolute Gasteiger partial charge is 0.358 e. The van der Waals surface area contributed by atoms with Crippen LogP contribution in [0.5, 0.6) is 0 Å². The lowest BCUT2D eigenvalue weighted by atomic mass is 10.3. The van der Waals surface area contributed by atoms with Crippen molar-refractivity contribution >= 4 is 23.9 Å². The Bertz CT molecular complexity index is 351. The Morgan fingerprint density at radius 3 is 2.85 bits per heavy atom. The highest BCUT2D eigenvalue weighted by molar-refractivity contribution is 6.33. The zero-order valence-electron chi connectivity index (χ0n) is 6.78. The van der Waals surface area contributed by atoms with E-state index in [9.17, 15) is 9.59 Å². The number of hydrogen-bond acceptors (Lipinski definition) is 4. The summed E-state index contributed by atoms with van der Waals surface area (Å²) in [4.78, 5) is 25.0. The first-order valence-corrected chi connectivity index (χ1v) is 3.77. The third-order valence-electron chi connectivity index (χ3n) is 1.37. The Morgan fingerprint density at radius 1 is 1.62 bits per heavy atom. The van der Waals surface area contributed by atoms with E-state index in [1.807, 2.05) is 0 Å².